The maximum Gasteiger partial charge on any atom is 0.235 e. The zero-order chi connectivity index (χ0) is 6.27. The molecule has 0 bridgehead atoms. The summed E-state index contributed by atoms with van der Waals surface area (Å²) < 4.78 is 5.21. The molecule has 0 radical (unpaired) electrons. The van der Waals surface area contributed by atoms with E-state index in [1.807, 2.05) is 6.92 Å². The fourth-order valence-electron chi connectivity index (χ4n) is 1.28. The van der Waals surface area contributed by atoms with Gasteiger partial charge in [-0.1, -0.05) is 5.16 Å². The maximum absolute atomic E-state index is 5.21. The van der Waals surface area contributed by atoms with E-state index >= 15 is 0 Å². The highest BCUT2D eigenvalue weighted by molar-refractivity contribution is 5.85. The molecule has 0 aliphatic carbocycles. The quantitative estimate of drug-likeness (QED) is 0.481. The molecule has 0 aromatic carbocycles. The molecule has 0 aromatic heterocycles. The number of fused-ring (bicyclic) bond motifs is 1. The van der Waals surface area contributed by atoms with Gasteiger partial charge in [0, 0.05) is 0 Å². The lowest BCUT2D eigenvalue weighted by atomic mass is 10.0. The van der Waals surface area contributed by atoms with Crippen LogP contribution >= 0.6 is 0 Å². The Bertz CT molecular complexity index is 155. The van der Waals surface area contributed by atoms with Gasteiger partial charge in [-0.15, -0.1) is 0 Å². The molecule has 1 fully saturated rings. The molecule has 50 valence electrons. The van der Waals surface area contributed by atoms with Crippen LogP contribution in [0, 0.1) is 5.92 Å². The molecule has 9 heavy (non-hydrogen) atoms. The van der Waals surface area contributed by atoms with Crippen LogP contribution in [0.25, 0.3) is 0 Å². The van der Waals surface area contributed by atoms with Crippen molar-refractivity contribution < 1.29 is 9.57 Å². The van der Waals surface area contributed by atoms with E-state index in [1.54, 1.807) is 0 Å². The summed E-state index contributed by atoms with van der Waals surface area (Å²) in [6, 6.07) is 0. The standard InChI is InChI=1S/C6H9NO2/c1-4-5-2-3-8-6(5)9-7-4/h5-6H,2-3H2,1H3. The third kappa shape index (κ3) is 0.645. The van der Waals surface area contributed by atoms with Gasteiger partial charge < -0.3 is 9.57 Å². The molecule has 0 N–H and O–H groups in total. The zero-order valence-electron chi connectivity index (χ0n) is 5.33. The fraction of sp³-hybridized carbons (Fsp3) is 0.833. The Balaban J connectivity index is 2.16. The monoisotopic (exact) mass is 127 g/mol. The number of rotatable bonds is 0. The van der Waals surface area contributed by atoms with Crippen LogP contribution in [0.2, 0.25) is 0 Å². The van der Waals surface area contributed by atoms with Gasteiger partial charge in [0.2, 0.25) is 6.29 Å². The lowest BCUT2D eigenvalue weighted by Gasteiger charge is -2.03. The topological polar surface area (TPSA) is 30.8 Å². The van der Waals surface area contributed by atoms with E-state index in [0.717, 1.165) is 18.7 Å². The van der Waals surface area contributed by atoms with Crippen molar-refractivity contribution in [3.8, 4) is 0 Å². The van der Waals surface area contributed by atoms with Gasteiger partial charge in [-0.25, -0.2) is 0 Å². The maximum atomic E-state index is 5.21. The Morgan fingerprint density at radius 2 is 2.56 bits per heavy atom. The predicted octanol–water partition coefficient (Wildman–Crippen LogP) is 0.755. The highest BCUT2D eigenvalue weighted by atomic mass is 16.8. The second-order valence-corrected chi connectivity index (χ2v) is 2.47. The molecule has 1 saturated heterocycles. The van der Waals surface area contributed by atoms with Gasteiger partial charge in [-0.05, 0) is 13.3 Å². The number of oxime groups is 1. The van der Waals surface area contributed by atoms with E-state index in [9.17, 15) is 0 Å². The third-order valence-electron chi connectivity index (χ3n) is 1.88. The summed E-state index contributed by atoms with van der Waals surface area (Å²) in [5.41, 5.74) is 1.08. The summed E-state index contributed by atoms with van der Waals surface area (Å²) in [7, 11) is 0. The van der Waals surface area contributed by atoms with Gasteiger partial charge in [-0.2, -0.15) is 0 Å². The van der Waals surface area contributed by atoms with Crippen LogP contribution in [0.4, 0.5) is 0 Å². The van der Waals surface area contributed by atoms with E-state index < -0.39 is 0 Å². The molecule has 0 amide bonds. The number of hydrogen-bond donors (Lipinski definition) is 0. The van der Waals surface area contributed by atoms with Gasteiger partial charge in [-0.3, -0.25) is 0 Å². The highest BCUT2D eigenvalue weighted by Crippen LogP contribution is 2.28. The van der Waals surface area contributed by atoms with Crippen molar-refractivity contribution >= 4 is 5.71 Å². The SMILES string of the molecule is CC1=NOC2OCCC12. The minimum atomic E-state index is -0.0509. The first kappa shape index (κ1) is 5.23. The largest absolute Gasteiger partial charge is 0.363 e. The van der Waals surface area contributed by atoms with Crippen molar-refractivity contribution in [3.63, 3.8) is 0 Å². The summed E-state index contributed by atoms with van der Waals surface area (Å²) in [6.07, 6.45) is 1.02. The molecule has 0 aromatic rings. The molecule has 2 aliphatic rings. The highest BCUT2D eigenvalue weighted by Gasteiger charge is 2.36. The molecule has 0 saturated carbocycles. The smallest absolute Gasteiger partial charge is 0.235 e. The van der Waals surface area contributed by atoms with Gasteiger partial charge in [0.05, 0.1) is 18.2 Å². The second kappa shape index (κ2) is 1.70. The van der Waals surface area contributed by atoms with Crippen LogP contribution < -0.4 is 0 Å². The molecule has 2 atom stereocenters. The van der Waals surface area contributed by atoms with Crippen molar-refractivity contribution in [1.82, 2.24) is 0 Å². The average molecular weight is 127 g/mol. The third-order valence-corrected chi connectivity index (χ3v) is 1.88. The number of hydrogen-bond acceptors (Lipinski definition) is 3. The van der Waals surface area contributed by atoms with Crippen LogP contribution in [-0.4, -0.2) is 18.6 Å². The Hall–Kier alpha value is -0.570. The van der Waals surface area contributed by atoms with E-state index in [1.165, 1.54) is 0 Å². The van der Waals surface area contributed by atoms with Crippen LogP contribution in [0.15, 0.2) is 5.16 Å². The summed E-state index contributed by atoms with van der Waals surface area (Å²) >= 11 is 0. The molecule has 2 unspecified atom stereocenters. The van der Waals surface area contributed by atoms with Crippen molar-refractivity contribution in [1.29, 1.82) is 0 Å². The van der Waals surface area contributed by atoms with Crippen molar-refractivity contribution in [2.24, 2.45) is 11.1 Å². The van der Waals surface area contributed by atoms with Gasteiger partial charge in [0.15, 0.2) is 0 Å². The Labute approximate surface area is 53.6 Å². The van der Waals surface area contributed by atoms with E-state index in [2.05, 4.69) is 5.16 Å². The van der Waals surface area contributed by atoms with Crippen LogP contribution in [0.1, 0.15) is 13.3 Å². The Kier molecular flexibility index (Phi) is 0.990. The average Bonchev–Trinajstić information content (AvgIpc) is 2.35. The first-order valence-electron chi connectivity index (χ1n) is 3.20. The molecule has 3 heteroatoms. The molecule has 2 heterocycles. The number of nitrogens with zero attached hydrogens (tertiary/aromatic N) is 1. The molecule has 2 rings (SSSR count). The summed E-state index contributed by atoms with van der Waals surface area (Å²) in [4.78, 5) is 4.95. The van der Waals surface area contributed by atoms with Crippen LogP contribution in [-0.2, 0) is 9.57 Å². The lowest BCUT2D eigenvalue weighted by molar-refractivity contribution is -0.106. The van der Waals surface area contributed by atoms with E-state index in [0.29, 0.717) is 5.92 Å². The molecule has 2 aliphatic heterocycles. The first-order chi connectivity index (χ1) is 4.38. The minimum Gasteiger partial charge on any atom is -0.363 e. The Morgan fingerprint density at radius 1 is 1.67 bits per heavy atom. The van der Waals surface area contributed by atoms with Gasteiger partial charge in [0.1, 0.15) is 0 Å². The molecular weight excluding hydrogens is 118 g/mol. The number of ether oxygens (including phenoxy) is 1. The second-order valence-electron chi connectivity index (χ2n) is 2.47. The van der Waals surface area contributed by atoms with Crippen molar-refractivity contribution in [2.75, 3.05) is 6.61 Å². The van der Waals surface area contributed by atoms with Crippen LogP contribution in [0.5, 0.6) is 0 Å². The van der Waals surface area contributed by atoms with Crippen molar-refractivity contribution in [2.45, 2.75) is 19.6 Å². The fourth-order valence-corrected chi connectivity index (χ4v) is 1.28. The molecule has 3 nitrogen and oxygen atoms in total. The first-order valence-corrected chi connectivity index (χ1v) is 3.20. The summed E-state index contributed by atoms with van der Waals surface area (Å²) in [5.74, 6) is 0.449. The van der Waals surface area contributed by atoms with Gasteiger partial charge in [0.25, 0.3) is 0 Å². The van der Waals surface area contributed by atoms with E-state index in [-0.39, 0.29) is 6.29 Å². The molecule has 0 spiro atoms. The van der Waals surface area contributed by atoms with E-state index in [4.69, 9.17) is 9.57 Å². The normalized spacial score (nSPS) is 39.9. The van der Waals surface area contributed by atoms with Gasteiger partial charge >= 0.3 is 0 Å². The zero-order valence-corrected chi connectivity index (χ0v) is 5.33. The predicted molar refractivity (Wildman–Crippen MR) is 32.0 cm³/mol. The summed E-state index contributed by atoms with van der Waals surface area (Å²) in [5, 5.41) is 3.81. The molecular formula is C6H9NO2. The lowest BCUT2D eigenvalue weighted by Crippen LogP contribution is -2.15. The van der Waals surface area contributed by atoms with Crippen LogP contribution in [0.3, 0.4) is 0 Å². The Morgan fingerprint density at radius 3 is 3.33 bits per heavy atom. The summed E-state index contributed by atoms with van der Waals surface area (Å²) in [6.45, 7) is 2.81. The minimum absolute atomic E-state index is 0.0509. The van der Waals surface area contributed by atoms with Crippen molar-refractivity contribution in [3.05, 3.63) is 0 Å².